The molecule has 3 aromatic carbocycles. The van der Waals surface area contributed by atoms with Gasteiger partial charge in [0.1, 0.15) is 5.75 Å². The number of benzene rings is 3. The summed E-state index contributed by atoms with van der Waals surface area (Å²) in [6.45, 7) is 4.70. The van der Waals surface area contributed by atoms with E-state index in [0.29, 0.717) is 11.6 Å². The van der Waals surface area contributed by atoms with Crippen LogP contribution in [0, 0.1) is 0 Å². The Kier molecular flexibility index (Phi) is 5.10. The number of hydrogen-bond acceptors (Lipinski definition) is 3. The van der Waals surface area contributed by atoms with Crippen LogP contribution in [0.2, 0.25) is 5.02 Å². The Morgan fingerprint density at radius 1 is 1.07 bits per heavy atom. The lowest BCUT2D eigenvalue weighted by molar-refractivity contribution is 0.314. The van der Waals surface area contributed by atoms with Gasteiger partial charge in [0.15, 0.2) is 0 Å². The van der Waals surface area contributed by atoms with Crippen LogP contribution in [0.25, 0.3) is 32.9 Å². The Hall–Kier alpha value is -2.62. The van der Waals surface area contributed by atoms with Crippen molar-refractivity contribution in [2.45, 2.75) is 26.3 Å². The Morgan fingerprint density at radius 3 is 2.77 bits per heavy atom. The van der Waals surface area contributed by atoms with Crippen molar-refractivity contribution in [3.8, 4) is 17.0 Å². The smallest absolute Gasteiger partial charge is 0.137 e. The SMILES string of the molecule is CCCOc1ccc(-c2nc3ccc4ccccc4c3c3c2CN(C)CC3)cc1Cl. The summed E-state index contributed by atoms with van der Waals surface area (Å²) in [6.07, 6.45) is 1.98. The number of pyridine rings is 1. The van der Waals surface area contributed by atoms with Crippen LogP contribution >= 0.6 is 11.6 Å². The summed E-state index contributed by atoms with van der Waals surface area (Å²) < 4.78 is 5.76. The van der Waals surface area contributed by atoms with Gasteiger partial charge in [0.05, 0.1) is 22.8 Å². The summed E-state index contributed by atoms with van der Waals surface area (Å²) in [6, 6.07) is 19.0. The van der Waals surface area contributed by atoms with Crippen molar-refractivity contribution in [2.75, 3.05) is 20.2 Å². The molecule has 4 heteroatoms. The van der Waals surface area contributed by atoms with Crippen molar-refractivity contribution in [2.24, 2.45) is 0 Å². The Labute approximate surface area is 182 Å². The van der Waals surface area contributed by atoms with Crippen LogP contribution in [-0.4, -0.2) is 30.1 Å². The highest BCUT2D eigenvalue weighted by Gasteiger charge is 2.23. The Bertz CT molecular complexity index is 1250. The first-order valence-corrected chi connectivity index (χ1v) is 11.0. The molecular weight excluding hydrogens is 392 g/mol. The molecule has 0 bridgehead atoms. The Morgan fingerprint density at radius 2 is 1.93 bits per heavy atom. The van der Waals surface area contributed by atoms with Gasteiger partial charge < -0.3 is 9.64 Å². The predicted molar refractivity (Wildman–Crippen MR) is 126 cm³/mol. The molecule has 0 spiro atoms. The molecule has 1 aliphatic rings. The number of likely N-dealkylation sites (N-methyl/N-ethyl adjacent to an activating group) is 1. The third-order valence-electron chi connectivity index (χ3n) is 5.93. The number of nitrogens with zero attached hydrogens (tertiary/aromatic N) is 2. The molecule has 4 aromatic rings. The van der Waals surface area contributed by atoms with Crippen LogP contribution in [0.1, 0.15) is 24.5 Å². The molecule has 0 atom stereocenters. The van der Waals surface area contributed by atoms with Crippen molar-refractivity contribution in [1.29, 1.82) is 0 Å². The lowest BCUT2D eigenvalue weighted by atomic mass is 9.89. The molecule has 1 aromatic heterocycles. The molecule has 2 heterocycles. The van der Waals surface area contributed by atoms with Gasteiger partial charge in [0.25, 0.3) is 0 Å². The first kappa shape index (κ1) is 19.3. The number of halogens is 1. The summed E-state index contributed by atoms with van der Waals surface area (Å²) in [5.74, 6) is 0.736. The second-order valence-electron chi connectivity index (χ2n) is 8.08. The van der Waals surface area contributed by atoms with E-state index >= 15 is 0 Å². The first-order valence-electron chi connectivity index (χ1n) is 10.6. The second-order valence-corrected chi connectivity index (χ2v) is 8.49. The third-order valence-corrected chi connectivity index (χ3v) is 6.23. The zero-order valence-electron chi connectivity index (χ0n) is 17.4. The maximum atomic E-state index is 6.56. The van der Waals surface area contributed by atoms with E-state index in [1.54, 1.807) is 0 Å². The van der Waals surface area contributed by atoms with Crippen molar-refractivity contribution in [3.63, 3.8) is 0 Å². The van der Waals surface area contributed by atoms with E-state index in [9.17, 15) is 0 Å². The summed E-state index contributed by atoms with van der Waals surface area (Å²) >= 11 is 6.56. The van der Waals surface area contributed by atoms with Crippen molar-refractivity contribution in [1.82, 2.24) is 9.88 Å². The molecule has 0 fully saturated rings. The quantitative estimate of drug-likeness (QED) is 0.356. The van der Waals surface area contributed by atoms with Crippen LogP contribution in [0.15, 0.2) is 54.6 Å². The highest BCUT2D eigenvalue weighted by Crippen LogP contribution is 2.38. The van der Waals surface area contributed by atoms with Crippen molar-refractivity contribution >= 4 is 33.3 Å². The van der Waals surface area contributed by atoms with E-state index in [1.165, 1.54) is 27.3 Å². The van der Waals surface area contributed by atoms with Gasteiger partial charge in [-0.2, -0.15) is 0 Å². The summed E-state index contributed by atoms with van der Waals surface area (Å²) in [7, 11) is 2.18. The molecule has 30 heavy (non-hydrogen) atoms. The normalized spacial score (nSPS) is 14.2. The van der Waals surface area contributed by atoms with E-state index in [1.807, 2.05) is 12.1 Å². The topological polar surface area (TPSA) is 25.4 Å². The molecular formula is C26H25ClN2O. The fraction of sp³-hybridized carbons (Fsp3) is 0.269. The largest absolute Gasteiger partial charge is 0.492 e. The maximum Gasteiger partial charge on any atom is 0.137 e. The van der Waals surface area contributed by atoms with E-state index in [4.69, 9.17) is 21.3 Å². The Balaban J connectivity index is 1.74. The molecule has 0 saturated carbocycles. The lowest BCUT2D eigenvalue weighted by Gasteiger charge is -2.28. The standard InChI is InChI=1S/C26H25ClN2O/c1-3-14-30-24-11-9-18(15-22(24)27)26-21-16-29(2)13-12-20(21)25-19-7-5-4-6-17(19)8-10-23(25)28-26/h4-11,15H,3,12-14,16H2,1-2H3. The number of hydrogen-bond donors (Lipinski definition) is 0. The van der Waals surface area contributed by atoms with Gasteiger partial charge in [-0.1, -0.05) is 48.9 Å². The van der Waals surface area contributed by atoms with Gasteiger partial charge in [-0.15, -0.1) is 0 Å². The monoisotopic (exact) mass is 416 g/mol. The summed E-state index contributed by atoms with van der Waals surface area (Å²) in [4.78, 5) is 7.52. The van der Waals surface area contributed by atoms with E-state index in [0.717, 1.165) is 48.5 Å². The molecule has 0 unspecified atom stereocenters. The molecule has 0 amide bonds. The number of aromatic nitrogens is 1. The molecule has 0 radical (unpaired) electrons. The molecule has 5 rings (SSSR count). The average Bonchev–Trinajstić information content (AvgIpc) is 2.77. The van der Waals surface area contributed by atoms with Crippen LogP contribution < -0.4 is 4.74 Å². The molecule has 0 N–H and O–H groups in total. The average molecular weight is 417 g/mol. The van der Waals surface area contributed by atoms with Gasteiger partial charge in [-0.05, 0) is 66.1 Å². The first-order chi connectivity index (χ1) is 14.7. The number of fused-ring (bicyclic) bond motifs is 5. The number of rotatable bonds is 4. The molecule has 152 valence electrons. The van der Waals surface area contributed by atoms with Gasteiger partial charge in [0, 0.05) is 24.0 Å². The number of ether oxygens (including phenoxy) is 1. The zero-order chi connectivity index (χ0) is 20.7. The minimum atomic E-state index is 0.638. The van der Waals surface area contributed by atoms with Gasteiger partial charge in [-0.3, -0.25) is 0 Å². The van der Waals surface area contributed by atoms with E-state index in [2.05, 4.69) is 61.3 Å². The second kappa shape index (κ2) is 7.90. The van der Waals surface area contributed by atoms with Crippen LogP contribution in [0.4, 0.5) is 0 Å². The maximum absolute atomic E-state index is 6.56. The zero-order valence-corrected chi connectivity index (χ0v) is 18.2. The highest BCUT2D eigenvalue weighted by molar-refractivity contribution is 6.32. The summed E-state index contributed by atoms with van der Waals surface area (Å²) in [5, 5.41) is 4.49. The van der Waals surface area contributed by atoms with Crippen LogP contribution in [0.3, 0.4) is 0 Å². The molecule has 1 aliphatic heterocycles. The minimum absolute atomic E-state index is 0.638. The molecule has 0 saturated heterocycles. The van der Waals surface area contributed by atoms with E-state index < -0.39 is 0 Å². The summed E-state index contributed by atoms with van der Waals surface area (Å²) in [5.41, 5.74) is 5.86. The van der Waals surface area contributed by atoms with Crippen LogP contribution in [-0.2, 0) is 13.0 Å². The molecule has 3 nitrogen and oxygen atoms in total. The highest BCUT2D eigenvalue weighted by atomic mass is 35.5. The fourth-order valence-electron chi connectivity index (χ4n) is 4.47. The minimum Gasteiger partial charge on any atom is -0.492 e. The van der Waals surface area contributed by atoms with Gasteiger partial charge in [0.2, 0.25) is 0 Å². The predicted octanol–water partition coefficient (Wildman–Crippen LogP) is 6.49. The molecule has 0 aliphatic carbocycles. The lowest BCUT2D eigenvalue weighted by Crippen LogP contribution is -2.27. The van der Waals surface area contributed by atoms with Gasteiger partial charge >= 0.3 is 0 Å². The fourth-order valence-corrected chi connectivity index (χ4v) is 4.70. The van der Waals surface area contributed by atoms with Gasteiger partial charge in [-0.25, -0.2) is 4.98 Å². The van der Waals surface area contributed by atoms with Crippen molar-refractivity contribution < 1.29 is 4.74 Å². The third kappa shape index (κ3) is 3.32. The van der Waals surface area contributed by atoms with E-state index in [-0.39, 0.29) is 0 Å². The van der Waals surface area contributed by atoms with Crippen molar-refractivity contribution in [3.05, 3.63) is 70.7 Å². The van der Waals surface area contributed by atoms with Crippen LogP contribution in [0.5, 0.6) is 5.75 Å².